The second-order valence-electron chi connectivity index (χ2n) is 6.70. The topological polar surface area (TPSA) is 66.0 Å². The molecule has 1 aliphatic carbocycles. The van der Waals surface area contributed by atoms with E-state index in [0.717, 1.165) is 24.5 Å². The monoisotopic (exact) mass is 346 g/mol. The van der Waals surface area contributed by atoms with Crippen LogP contribution >= 0.6 is 0 Å². The molecule has 0 aromatic heterocycles. The number of benzene rings is 1. The fourth-order valence-corrected chi connectivity index (χ4v) is 2.24. The second kappa shape index (κ2) is 9.30. The van der Waals surface area contributed by atoms with Crippen LogP contribution in [0.4, 0.5) is 0 Å². The molecule has 25 heavy (non-hydrogen) atoms. The fraction of sp³-hybridized carbons (Fsp3) is 0.579. The van der Waals surface area contributed by atoms with Gasteiger partial charge in [0, 0.05) is 26.2 Å². The predicted molar refractivity (Wildman–Crippen MR) is 101 cm³/mol. The van der Waals surface area contributed by atoms with Gasteiger partial charge in [0.15, 0.2) is 5.96 Å². The van der Waals surface area contributed by atoms with Gasteiger partial charge in [-0.15, -0.1) is 0 Å². The van der Waals surface area contributed by atoms with Crippen LogP contribution in [0.3, 0.4) is 0 Å². The summed E-state index contributed by atoms with van der Waals surface area (Å²) in [6.07, 6.45) is 2.54. The van der Waals surface area contributed by atoms with E-state index in [1.807, 2.05) is 6.92 Å². The molecule has 0 aliphatic heterocycles. The Kier molecular flexibility index (Phi) is 7.10. The van der Waals surface area contributed by atoms with Crippen molar-refractivity contribution in [1.29, 1.82) is 0 Å². The van der Waals surface area contributed by atoms with E-state index < -0.39 is 0 Å². The van der Waals surface area contributed by atoms with Crippen LogP contribution in [0.25, 0.3) is 0 Å². The summed E-state index contributed by atoms with van der Waals surface area (Å²) in [5.41, 5.74) is 2.24. The summed E-state index contributed by atoms with van der Waals surface area (Å²) < 4.78 is 5.99. The zero-order chi connectivity index (χ0) is 18.2. The van der Waals surface area contributed by atoms with Crippen molar-refractivity contribution in [2.45, 2.75) is 33.2 Å². The number of carbonyl (C=O) groups excluding carboxylic acids is 1. The number of amides is 1. The summed E-state index contributed by atoms with van der Waals surface area (Å²) >= 11 is 0. The largest absolute Gasteiger partial charge is 0.493 e. The van der Waals surface area contributed by atoms with E-state index in [-0.39, 0.29) is 12.5 Å². The lowest BCUT2D eigenvalue weighted by molar-refractivity contribution is -0.127. The maximum atomic E-state index is 11.7. The van der Waals surface area contributed by atoms with Crippen molar-refractivity contribution < 1.29 is 9.53 Å². The Hall–Kier alpha value is -2.24. The highest BCUT2D eigenvalue weighted by Crippen LogP contribution is 2.30. The summed E-state index contributed by atoms with van der Waals surface area (Å²) in [5.74, 6) is 2.27. The van der Waals surface area contributed by atoms with Crippen molar-refractivity contribution in [1.82, 2.24) is 15.5 Å². The lowest BCUT2D eigenvalue weighted by Gasteiger charge is -2.15. The SMILES string of the molecule is CCNC(=NCc1ccc(C)cc1OCC1CC1)NCC(=O)N(C)C. The molecule has 0 heterocycles. The smallest absolute Gasteiger partial charge is 0.241 e. The molecule has 0 atom stereocenters. The third-order valence-corrected chi connectivity index (χ3v) is 4.05. The molecule has 1 saturated carbocycles. The van der Waals surface area contributed by atoms with Crippen LogP contribution in [0.5, 0.6) is 5.75 Å². The normalized spacial score (nSPS) is 14.2. The van der Waals surface area contributed by atoms with Crippen molar-refractivity contribution in [2.75, 3.05) is 33.8 Å². The molecule has 1 aliphatic rings. The number of aryl methyl sites for hydroxylation is 1. The molecule has 1 fully saturated rings. The number of nitrogens with one attached hydrogen (secondary N) is 2. The van der Waals surface area contributed by atoms with Crippen LogP contribution in [-0.4, -0.2) is 50.6 Å². The molecule has 6 nitrogen and oxygen atoms in total. The highest BCUT2D eigenvalue weighted by molar-refractivity contribution is 5.86. The molecule has 0 saturated heterocycles. The number of nitrogens with zero attached hydrogens (tertiary/aromatic N) is 2. The maximum absolute atomic E-state index is 11.7. The van der Waals surface area contributed by atoms with Crippen molar-refractivity contribution >= 4 is 11.9 Å². The number of hydrogen-bond acceptors (Lipinski definition) is 3. The molecular weight excluding hydrogens is 316 g/mol. The highest BCUT2D eigenvalue weighted by Gasteiger charge is 2.22. The van der Waals surface area contributed by atoms with Gasteiger partial charge in [0.1, 0.15) is 5.75 Å². The van der Waals surface area contributed by atoms with Crippen LogP contribution < -0.4 is 15.4 Å². The quantitative estimate of drug-likeness (QED) is 0.558. The Bertz CT molecular complexity index is 609. The van der Waals surface area contributed by atoms with Gasteiger partial charge in [0.05, 0.1) is 19.7 Å². The van der Waals surface area contributed by atoms with Gasteiger partial charge < -0.3 is 20.3 Å². The molecule has 1 aromatic rings. The Labute approximate surface area is 150 Å². The summed E-state index contributed by atoms with van der Waals surface area (Å²) in [7, 11) is 3.48. The Morgan fingerprint density at radius 2 is 2.08 bits per heavy atom. The Morgan fingerprint density at radius 3 is 2.72 bits per heavy atom. The van der Waals surface area contributed by atoms with E-state index >= 15 is 0 Å². The second-order valence-corrected chi connectivity index (χ2v) is 6.70. The zero-order valence-electron chi connectivity index (χ0n) is 15.8. The molecule has 6 heteroatoms. The first-order chi connectivity index (χ1) is 12.0. The van der Waals surface area contributed by atoms with Gasteiger partial charge in [-0.2, -0.15) is 0 Å². The summed E-state index contributed by atoms with van der Waals surface area (Å²) in [6.45, 7) is 6.32. The van der Waals surface area contributed by atoms with Gasteiger partial charge in [-0.3, -0.25) is 4.79 Å². The summed E-state index contributed by atoms with van der Waals surface area (Å²) in [4.78, 5) is 17.9. The first kappa shape index (κ1) is 19.1. The third-order valence-electron chi connectivity index (χ3n) is 4.05. The fourth-order valence-electron chi connectivity index (χ4n) is 2.24. The van der Waals surface area contributed by atoms with E-state index in [4.69, 9.17) is 4.74 Å². The minimum atomic E-state index is 0.00870. The number of carbonyl (C=O) groups is 1. The Morgan fingerprint density at radius 1 is 1.32 bits per heavy atom. The van der Waals surface area contributed by atoms with Crippen LogP contribution in [0.1, 0.15) is 30.9 Å². The molecule has 0 bridgehead atoms. The van der Waals surface area contributed by atoms with Gasteiger partial charge in [0.25, 0.3) is 0 Å². The number of rotatable bonds is 8. The number of likely N-dealkylation sites (N-methyl/N-ethyl adjacent to an activating group) is 1. The maximum Gasteiger partial charge on any atom is 0.241 e. The molecular formula is C19H30N4O2. The molecule has 0 spiro atoms. The molecule has 2 N–H and O–H groups in total. The molecule has 1 amide bonds. The van der Waals surface area contributed by atoms with E-state index in [2.05, 4.69) is 40.7 Å². The molecule has 0 radical (unpaired) electrons. The van der Waals surface area contributed by atoms with Crippen molar-refractivity contribution in [2.24, 2.45) is 10.9 Å². The van der Waals surface area contributed by atoms with E-state index in [1.165, 1.54) is 18.4 Å². The Balaban J connectivity index is 2.01. The number of ether oxygens (including phenoxy) is 1. The van der Waals surface area contributed by atoms with Gasteiger partial charge in [-0.25, -0.2) is 4.99 Å². The van der Waals surface area contributed by atoms with Gasteiger partial charge >= 0.3 is 0 Å². The van der Waals surface area contributed by atoms with Gasteiger partial charge in [-0.05, 0) is 44.2 Å². The standard InChI is InChI=1S/C19H30N4O2/c1-5-20-19(22-12-18(24)23(3)4)21-11-16-9-6-14(2)10-17(16)25-13-15-7-8-15/h6,9-10,15H,5,7-8,11-13H2,1-4H3,(H2,20,21,22). The average molecular weight is 346 g/mol. The zero-order valence-corrected chi connectivity index (χ0v) is 15.8. The van der Waals surface area contributed by atoms with E-state index in [9.17, 15) is 4.79 Å². The predicted octanol–water partition coefficient (Wildman–Crippen LogP) is 1.93. The number of hydrogen-bond donors (Lipinski definition) is 2. The van der Waals surface area contributed by atoms with Gasteiger partial charge in [0.2, 0.25) is 5.91 Å². The van der Waals surface area contributed by atoms with Crippen LogP contribution in [0.15, 0.2) is 23.2 Å². The number of aliphatic imine (C=N–C) groups is 1. The molecule has 1 aromatic carbocycles. The van der Waals surface area contributed by atoms with Crippen LogP contribution in [0, 0.1) is 12.8 Å². The first-order valence-corrected chi connectivity index (χ1v) is 8.94. The lowest BCUT2D eigenvalue weighted by Crippen LogP contribution is -2.42. The molecule has 0 unspecified atom stereocenters. The summed E-state index contributed by atoms with van der Waals surface area (Å²) in [6, 6.07) is 6.21. The van der Waals surface area contributed by atoms with E-state index in [1.54, 1.807) is 19.0 Å². The van der Waals surface area contributed by atoms with Crippen molar-refractivity contribution in [3.05, 3.63) is 29.3 Å². The van der Waals surface area contributed by atoms with Crippen molar-refractivity contribution in [3.8, 4) is 5.75 Å². The minimum absolute atomic E-state index is 0.00870. The van der Waals surface area contributed by atoms with Crippen LogP contribution in [-0.2, 0) is 11.3 Å². The van der Waals surface area contributed by atoms with Crippen LogP contribution in [0.2, 0.25) is 0 Å². The van der Waals surface area contributed by atoms with E-state index in [0.29, 0.717) is 18.4 Å². The molecule has 2 rings (SSSR count). The third kappa shape index (κ3) is 6.64. The van der Waals surface area contributed by atoms with Gasteiger partial charge in [-0.1, -0.05) is 12.1 Å². The number of guanidine groups is 1. The summed E-state index contributed by atoms with van der Waals surface area (Å²) in [5, 5.41) is 6.24. The molecule has 138 valence electrons. The lowest BCUT2D eigenvalue weighted by atomic mass is 10.1. The minimum Gasteiger partial charge on any atom is -0.493 e. The highest BCUT2D eigenvalue weighted by atomic mass is 16.5. The average Bonchev–Trinajstić information content (AvgIpc) is 3.40. The first-order valence-electron chi connectivity index (χ1n) is 8.94. The van der Waals surface area contributed by atoms with Crippen molar-refractivity contribution in [3.63, 3.8) is 0 Å².